The Labute approximate surface area is 201 Å². The Balaban J connectivity index is 1.61. The van der Waals surface area contributed by atoms with E-state index in [0.717, 1.165) is 23.4 Å². The minimum absolute atomic E-state index is 0.00384. The number of benzene rings is 2. The summed E-state index contributed by atoms with van der Waals surface area (Å²) < 4.78 is 34.8. The predicted molar refractivity (Wildman–Crippen MR) is 128 cm³/mol. The Morgan fingerprint density at radius 2 is 1.74 bits per heavy atom. The van der Waals surface area contributed by atoms with Crippen LogP contribution < -0.4 is 10.6 Å². The van der Waals surface area contributed by atoms with Gasteiger partial charge < -0.3 is 15.1 Å². The van der Waals surface area contributed by atoms with E-state index in [1.165, 1.54) is 12.1 Å². The van der Waals surface area contributed by atoms with Gasteiger partial charge >= 0.3 is 0 Å². The molecular weight excluding hydrogens is 450 g/mol. The summed E-state index contributed by atoms with van der Waals surface area (Å²) in [6.45, 7) is 3.67. The van der Waals surface area contributed by atoms with Crippen LogP contribution in [0.4, 0.5) is 14.5 Å². The van der Waals surface area contributed by atoms with Crippen LogP contribution in [-0.2, 0) is 9.59 Å². The third kappa shape index (κ3) is 4.07. The first-order valence-electron chi connectivity index (χ1n) is 11.5. The Bertz CT molecular complexity index is 1400. The van der Waals surface area contributed by atoms with Crippen molar-refractivity contribution < 1.29 is 22.8 Å². The van der Waals surface area contributed by atoms with Gasteiger partial charge in [-0.15, -0.1) is 0 Å². The fraction of sp³-hybridized carbons (Fsp3) is 0.214. The second-order valence-corrected chi connectivity index (χ2v) is 8.83. The molecule has 0 spiro atoms. The Morgan fingerprint density at radius 1 is 1.00 bits per heavy atom. The number of para-hydroxylation sites is 1. The van der Waals surface area contributed by atoms with Crippen LogP contribution in [0, 0.1) is 18.6 Å². The Kier molecular flexibility index (Phi) is 5.84. The molecule has 7 heteroatoms. The molecule has 0 bridgehead atoms. The van der Waals surface area contributed by atoms with Gasteiger partial charge in [-0.3, -0.25) is 9.59 Å². The number of furan rings is 1. The maximum atomic E-state index is 14.4. The monoisotopic (exact) mass is 474 g/mol. The van der Waals surface area contributed by atoms with E-state index in [9.17, 15) is 18.4 Å². The second-order valence-electron chi connectivity index (χ2n) is 8.83. The lowest BCUT2D eigenvalue weighted by Crippen LogP contribution is -2.35. The summed E-state index contributed by atoms with van der Waals surface area (Å²) >= 11 is 0. The van der Waals surface area contributed by atoms with Gasteiger partial charge in [0, 0.05) is 29.1 Å². The van der Waals surface area contributed by atoms with E-state index < -0.39 is 17.6 Å². The van der Waals surface area contributed by atoms with Gasteiger partial charge in [0.15, 0.2) is 5.78 Å². The second kappa shape index (κ2) is 8.98. The van der Waals surface area contributed by atoms with Crippen molar-refractivity contribution in [2.24, 2.45) is 0 Å². The van der Waals surface area contributed by atoms with E-state index in [2.05, 4.69) is 10.6 Å². The van der Waals surface area contributed by atoms with Crippen molar-refractivity contribution >= 4 is 17.4 Å². The fourth-order valence-corrected chi connectivity index (χ4v) is 4.85. The van der Waals surface area contributed by atoms with Crippen molar-refractivity contribution in [2.45, 2.75) is 39.0 Å². The van der Waals surface area contributed by atoms with E-state index >= 15 is 0 Å². The number of hydrogen-bond donors (Lipinski definition) is 2. The van der Waals surface area contributed by atoms with Crippen molar-refractivity contribution in [1.82, 2.24) is 5.32 Å². The molecule has 1 unspecified atom stereocenters. The van der Waals surface area contributed by atoms with Gasteiger partial charge in [-0.2, -0.15) is 0 Å². The Morgan fingerprint density at radius 3 is 2.49 bits per heavy atom. The number of allylic oxidation sites excluding steroid dienone is 3. The van der Waals surface area contributed by atoms with Crippen LogP contribution >= 0.6 is 0 Å². The summed E-state index contributed by atoms with van der Waals surface area (Å²) in [6.07, 6.45) is 1.73. The molecule has 0 saturated carbocycles. The van der Waals surface area contributed by atoms with E-state index in [0.29, 0.717) is 41.8 Å². The van der Waals surface area contributed by atoms with Crippen LogP contribution in [-0.4, -0.2) is 11.7 Å². The molecular formula is C28H24F2N2O3. The highest BCUT2D eigenvalue weighted by atomic mass is 19.1. The molecule has 2 heterocycles. The van der Waals surface area contributed by atoms with Gasteiger partial charge in [-0.1, -0.05) is 24.3 Å². The smallest absolute Gasteiger partial charge is 0.254 e. The third-order valence-corrected chi connectivity index (χ3v) is 6.53. The number of rotatable bonds is 4. The minimum atomic E-state index is -0.799. The molecule has 5 rings (SSSR count). The number of aryl methyl sites for hydroxylation is 1. The number of anilines is 1. The molecule has 2 N–H and O–H groups in total. The number of halogens is 2. The molecule has 1 aliphatic carbocycles. The van der Waals surface area contributed by atoms with Crippen molar-refractivity contribution in [3.63, 3.8) is 0 Å². The summed E-state index contributed by atoms with van der Waals surface area (Å²) in [6, 6.07) is 14.0. The lowest BCUT2D eigenvalue weighted by atomic mass is 9.77. The van der Waals surface area contributed by atoms with E-state index in [4.69, 9.17) is 4.42 Å². The zero-order valence-corrected chi connectivity index (χ0v) is 19.4. The predicted octanol–water partition coefficient (Wildman–Crippen LogP) is 6.14. The topological polar surface area (TPSA) is 71.3 Å². The van der Waals surface area contributed by atoms with Gasteiger partial charge in [-0.05, 0) is 62.6 Å². The van der Waals surface area contributed by atoms with E-state index in [1.807, 2.05) is 25.1 Å². The summed E-state index contributed by atoms with van der Waals surface area (Å²) in [7, 11) is 0. The lowest BCUT2D eigenvalue weighted by molar-refractivity contribution is -0.116. The summed E-state index contributed by atoms with van der Waals surface area (Å²) in [5.41, 5.74) is 3.41. The van der Waals surface area contributed by atoms with Crippen molar-refractivity contribution in [1.29, 1.82) is 0 Å². The SMILES string of the molecule is CC1=C(C(=O)Nc2ccccc2C)C(c2ccc(-c3c(F)cccc3F)o2)C2=C(CCCC2=O)N1. The number of nitrogens with one attached hydrogen (secondary N) is 2. The average molecular weight is 475 g/mol. The first-order chi connectivity index (χ1) is 16.8. The molecule has 1 amide bonds. The maximum absolute atomic E-state index is 14.4. The van der Waals surface area contributed by atoms with E-state index in [1.54, 1.807) is 19.1 Å². The quantitative estimate of drug-likeness (QED) is 0.477. The van der Waals surface area contributed by atoms with Crippen LogP contribution in [0.15, 0.2) is 81.6 Å². The highest BCUT2D eigenvalue weighted by Crippen LogP contribution is 2.44. The number of hydrogen-bond acceptors (Lipinski definition) is 4. The number of dihydropyridines is 1. The number of amides is 1. The molecule has 5 nitrogen and oxygen atoms in total. The highest BCUT2D eigenvalue weighted by Gasteiger charge is 2.40. The Hall–Kier alpha value is -4.00. The average Bonchev–Trinajstić information content (AvgIpc) is 3.29. The normalized spacial score (nSPS) is 17.8. The largest absolute Gasteiger partial charge is 0.460 e. The minimum Gasteiger partial charge on any atom is -0.460 e. The van der Waals surface area contributed by atoms with Gasteiger partial charge in [-0.25, -0.2) is 8.78 Å². The zero-order chi connectivity index (χ0) is 24.7. The molecule has 3 aromatic rings. The highest BCUT2D eigenvalue weighted by molar-refractivity contribution is 6.09. The maximum Gasteiger partial charge on any atom is 0.254 e. The molecule has 1 aromatic heterocycles. The molecule has 0 fully saturated rings. The molecule has 0 radical (unpaired) electrons. The molecule has 1 aliphatic heterocycles. The first-order valence-corrected chi connectivity index (χ1v) is 11.5. The van der Waals surface area contributed by atoms with Crippen LogP contribution in [0.5, 0.6) is 0 Å². The van der Waals surface area contributed by atoms with Crippen LogP contribution in [0.3, 0.4) is 0 Å². The van der Waals surface area contributed by atoms with Gasteiger partial charge in [0.1, 0.15) is 23.2 Å². The van der Waals surface area contributed by atoms with Gasteiger partial charge in [0.25, 0.3) is 5.91 Å². The standard InChI is InChI=1S/C28H24F2N2O3/c1-15-7-3-4-10-19(15)32-28(34)24-16(2)31-20-11-6-12-21(33)26(20)27(24)23-14-13-22(35-23)25-17(29)8-5-9-18(25)30/h3-5,7-10,13-14,27,31H,6,11-12H2,1-2H3,(H,32,34). The number of carbonyl (C=O) groups excluding carboxylic acids is 2. The van der Waals surface area contributed by atoms with Gasteiger partial charge in [0.05, 0.1) is 17.1 Å². The van der Waals surface area contributed by atoms with Crippen LogP contribution in [0.25, 0.3) is 11.3 Å². The third-order valence-electron chi connectivity index (χ3n) is 6.53. The molecule has 0 saturated heterocycles. The summed E-state index contributed by atoms with van der Waals surface area (Å²) in [5.74, 6) is -2.49. The fourth-order valence-electron chi connectivity index (χ4n) is 4.85. The van der Waals surface area contributed by atoms with Crippen molar-refractivity contribution in [3.8, 4) is 11.3 Å². The number of Topliss-reactive ketones (excluding diaryl/α,β-unsaturated/α-hetero) is 1. The van der Waals surface area contributed by atoms with Crippen LogP contribution in [0.2, 0.25) is 0 Å². The van der Waals surface area contributed by atoms with Crippen molar-refractivity contribution in [3.05, 3.63) is 100 Å². The summed E-state index contributed by atoms with van der Waals surface area (Å²) in [5, 5.41) is 6.20. The molecule has 2 aromatic carbocycles. The zero-order valence-electron chi connectivity index (χ0n) is 19.4. The number of ketones is 1. The molecule has 1 atom stereocenters. The summed E-state index contributed by atoms with van der Waals surface area (Å²) in [4.78, 5) is 26.6. The first kappa shape index (κ1) is 22.8. The molecule has 2 aliphatic rings. The molecule has 178 valence electrons. The number of carbonyl (C=O) groups is 2. The molecule has 35 heavy (non-hydrogen) atoms. The lowest BCUT2D eigenvalue weighted by Gasteiger charge is -2.33. The van der Waals surface area contributed by atoms with E-state index in [-0.39, 0.29) is 28.8 Å². The van der Waals surface area contributed by atoms with Crippen LogP contribution in [0.1, 0.15) is 43.4 Å². The van der Waals surface area contributed by atoms with Crippen molar-refractivity contribution in [2.75, 3.05) is 5.32 Å². The van der Waals surface area contributed by atoms with Gasteiger partial charge in [0.2, 0.25) is 0 Å².